The number of phenols is 1. The van der Waals surface area contributed by atoms with E-state index < -0.39 is 17.4 Å². The molecule has 3 aromatic rings. The minimum Gasteiger partial charge on any atom is -0.506 e. The third-order valence-corrected chi connectivity index (χ3v) is 6.72. The number of aryl methyl sites for hydroxylation is 1. The van der Waals surface area contributed by atoms with Gasteiger partial charge in [-0.05, 0) is 47.7 Å². The maximum Gasteiger partial charge on any atom is 0.336 e. The summed E-state index contributed by atoms with van der Waals surface area (Å²) in [5, 5.41) is 30.5. The predicted octanol–water partition coefficient (Wildman–Crippen LogP) is 6.45. The first-order chi connectivity index (χ1) is 17.2. The molecule has 0 amide bonds. The van der Waals surface area contributed by atoms with E-state index in [9.17, 15) is 24.6 Å². The van der Waals surface area contributed by atoms with Gasteiger partial charge in [0.15, 0.2) is 5.76 Å². The van der Waals surface area contributed by atoms with E-state index in [1.54, 1.807) is 30.3 Å². The number of carboxylic acids is 2. The Morgan fingerprint density at radius 2 is 1.67 bits per heavy atom. The van der Waals surface area contributed by atoms with Crippen molar-refractivity contribution in [3.8, 4) is 28.2 Å². The molecule has 2 aliphatic rings. The van der Waals surface area contributed by atoms with Crippen LogP contribution >= 0.6 is 23.2 Å². The van der Waals surface area contributed by atoms with Gasteiger partial charge >= 0.3 is 11.9 Å². The molecule has 1 heterocycles. The van der Waals surface area contributed by atoms with Crippen LogP contribution in [-0.2, 0) is 11.2 Å². The van der Waals surface area contributed by atoms with Crippen LogP contribution in [0.15, 0.2) is 63.8 Å². The Bertz CT molecular complexity index is 1750. The van der Waals surface area contributed by atoms with Gasteiger partial charge in [-0.3, -0.25) is 9.59 Å². The average molecular weight is 523 g/mol. The summed E-state index contributed by atoms with van der Waals surface area (Å²) in [5.74, 6) is -2.32. The summed E-state index contributed by atoms with van der Waals surface area (Å²) < 4.78 is 6.17. The van der Waals surface area contributed by atoms with Crippen molar-refractivity contribution in [3.63, 3.8) is 0 Å². The zero-order chi connectivity index (χ0) is 25.7. The van der Waals surface area contributed by atoms with E-state index in [1.807, 2.05) is 0 Å². The van der Waals surface area contributed by atoms with Crippen molar-refractivity contribution < 1.29 is 29.3 Å². The molecule has 1 aliphatic heterocycles. The highest BCUT2D eigenvalue weighted by atomic mass is 35.5. The fraction of sp³-hybridized carbons (Fsp3) is 0.0741. The van der Waals surface area contributed by atoms with Gasteiger partial charge in [-0.1, -0.05) is 47.5 Å². The maximum atomic E-state index is 13.0. The van der Waals surface area contributed by atoms with Crippen molar-refractivity contribution in [1.29, 1.82) is 0 Å². The zero-order valence-electron chi connectivity index (χ0n) is 18.3. The molecular formula is C27H16Cl2O7. The lowest BCUT2D eigenvalue weighted by molar-refractivity contribution is -0.136. The Kier molecular flexibility index (Phi) is 5.82. The van der Waals surface area contributed by atoms with E-state index in [0.29, 0.717) is 32.8 Å². The number of rotatable bonds is 5. The number of carbonyl (C=O) groups is 2. The van der Waals surface area contributed by atoms with E-state index in [-0.39, 0.29) is 51.1 Å². The number of aromatic hydroxyl groups is 1. The number of phenolic OH excluding ortho intramolecular Hbond substituents is 1. The standard InChI is InChI=1S/C27H16Cl2O7/c28-19-11-17-12(10-20(19)30)5-7-16-22(14-3-1-2-4-15(14)27(34)35)18-9-13(6-8-21(31)32)24(33)23(29)26(18)36-25(16)17/h1-5,7,9-11,30H,6,8H2,(H,31,32)(H,34,35). The first kappa shape index (κ1) is 23.7. The topological polar surface area (TPSA) is 125 Å². The summed E-state index contributed by atoms with van der Waals surface area (Å²) in [5.41, 5.74) is 1.09. The molecule has 3 aromatic carbocycles. The Morgan fingerprint density at radius 3 is 2.39 bits per heavy atom. The second-order valence-corrected chi connectivity index (χ2v) is 9.03. The Morgan fingerprint density at radius 1 is 0.917 bits per heavy atom. The predicted molar refractivity (Wildman–Crippen MR) is 137 cm³/mol. The molecule has 0 saturated carbocycles. The molecule has 36 heavy (non-hydrogen) atoms. The van der Waals surface area contributed by atoms with Crippen LogP contribution in [0, 0.1) is 0 Å². The summed E-state index contributed by atoms with van der Waals surface area (Å²) in [6.45, 7) is 0. The van der Waals surface area contributed by atoms with Crippen molar-refractivity contribution in [3.05, 3.63) is 86.0 Å². The highest BCUT2D eigenvalue weighted by molar-refractivity contribution is 6.34. The number of carboxylic acid groups (broad SMARTS) is 2. The highest BCUT2D eigenvalue weighted by Crippen LogP contribution is 2.46. The average Bonchev–Trinajstić information content (AvgIpc) is 2.85. The van der Waals surface area contributed by atoms with E-state index >= 15 is 0 Å². The maximum absolute atomic E-state index is 13.0. The third-order valence-electron chi connectivity index (χ3n) is 6.07. The van der Waals surface area contributed by atoms with Gasteiger partial charge in [0.1, 0.15) is 16.4 Å². The lowest BCUT2D eigenvalue weighted by atomic mass is 9.88. The van der Waals surface area contributed by atoms with E-state index in [1.165, 1.54) is 24.3 Å². The van der Waals surface area contributed by atoms with Crippen LogP contribution in [0.4, 0.5) is 0 Å². The van der Waals surface area contributed by atoms with E-state index in [0.717, 1.165) is 0 Å². The van der Waals surface area contributed by atoms with Crippen molar-refractivity contribution in [1.82, 2.24) is 0 Å². The van der Waals surface area contributed by atoms with Gasteiger partial charge in [0.05, 0.1) is 10.6 Å². The molecule has 0 bridgehead atoms. The smallest absolute Gasteiger partial charge is 0.336 e. The SMILES string of the molecule is O=C(O)CCc1cc2c(-c3ccccc3C(=O)O)c3ccc4cc(O)c(Cl)cc4c3oc-2c(Cl)c1=O. The number of hydrogen-bond acceptors (Lipinski definition) is 5. The fourth-order valence-electron chi connectivity index (χ4n) is 4.42. The molecule has 180 valence electrons. The minimum absolute atomic E-state index is 0.0181. The second kappa shape index (κ2) is 8.86. The molecule has 0 spiro atoms. The van der Waals surface area contributed by atoms with Crippen molar-refractivity contribution in [2.24, 2.45) is 0 Å². The Balaban J connectivity index is 2.00. The number of fused-ring (bicyclic) bond motifs is 4. The van der Waals surface area contributed by atoms with Crippen molar-refractivity contribution in [2.75, 3.05) is 0 Å². The molecule has 0 unspecified atom stereocenters. The van der Waals surface area contributed by atoms with Gasteiger partial charge in [0, 0.05) is 33.9 Å². The second-order valence-electron chi connectivity index (χ2n) is 8.24. The summed E-state index contributed by atoms with van der Waals surface area (Å²) in [6.07, 6.45) is -0.343. The van der Waals surface area contributed by atoms with Crippen LogP contribution in [0.25, 0.3) is 44.2 Å². The quantitative estimate of drug-likeness (QED) is 0.179. The van der Waals surface area contributed by atoms with E-state index in [2.05, 4.69) is 0 Å². The normalized spacial score (nSPS) is 11.4. The molecule has 0 fully saturated rings. The van der Waals surface area contributed by atoms with Crippen LogP contribution in [-0.4, -0.2) is 27.3 Å². The first-order valence-electron chi connectivity index (χ1n) is 10.7. The summed E-state index contributed by atoms with van der Waals surface area (Å²) in [7, 11) is 0. The van der Waals surface area contributed by atoms with Crippen LogP contribution in [0.2, 0.25) is 10.0 Å². The largest absolute Gasteiger partial charge is 0.506 e. The molecule has 0 radical (unpaired) electrons. The molecule has 9 heteroatoms. The van der Waals surface area contributed by atoms with Crippen molar-refractivity contribution in [2.45, 2.75) is 12.8 Å². The van der Waals surface area contributed by atoms with Crippen molar-refractivity contribution >= 4 is 56.9 Å². The van der Waals surface area contributed by atoms with Crippen LogP contribution in [0.3, 0.4) is 0 Å². The van der Waals surface area contributed by atoms with Gasteiger partial charge in [-0.2, -0.15) is 0 Å². The minimum atomic E-state index is -1.15. The number of benzene rings is 4. The molecule has 3 N–H and O–H groups in total. The monoisotopic (exact) mass is 522 g/mol. The molecule has 7 nitrogen and oxygen atoms in total. The lowest BCUT2D eigenvalue weighted by Crippen LogP contribution is -2.13. The summed E-state index contributed by atoms with van der Waals surface area (Å²) >= 11 is 12.7. The summed E-state index contributed by atoms with van der Waals surface area (Å²) in [6, 6.07) is 14.3. The molecule has 0 saturated heterocycles. The third kappa shape index (κ3) is 3.82. The molecule has 0 aromatic heterocycles. The Labute approximate surface area is 213 Å². The molecule has 1 aliphatic carbocycles. The van der Waals surface area contributed by atoms with Gasteiger partial charge in [0.25, 0.3) is 0 Å². The zero-order valence-corrected chi connectivity index (χ0v) is 19.9. The van der Waals surface area contributed by atoms with Gasteiger partial charge in [-0.25, -0.2) is 4.79 Å². The van der Waals surface area contributed by atoms with Gasteiger partial charge in [-0.15, -0.1) is 0 Å². The van der Waals surface area contributed by atoms with Crippen LogP contribution < -0.4 is 5.43 Å². The number of aliphatic carboxylic acids is 1. The number of halogens is 2. The Hall–Kier alpha value is -4.07. The molecule has 5 rings (SSSR count). The highest BCUT2D eigenvalue weighted by Gasteiger charge is 2.26. The molecular weight excluding hydrogens is 507 g/mol. The first-order valence-corrected chi connectivity index (χ1v) is 11.5. The number of hydrogen-bond donors (Lipinski definition) is 3. The van der Waals surface area contributed by atoms with E-state index in [4.69, 9.17) is 32.7 Å². The lowest BCUT2D eigenvalue weighted by Gasteiger charge is -2.19. The van der Waals surface area contributed by atoms with Crippen LogP contribution in [0.5, 0.6) is 5.75 Å². The van der Waals surface area contributed by atoms with Gasteiger partial charge in [0.2, 0.25) is 5.43 Å². The number of aromatic carboxylic acids is 1. The summed E-state index contributed by atoms with van der Waals surface area (Å²) in [4.78, 5) is 36.2. The van der Waals surface area contributed by atoms with Crippen LogP contribution in [0.1, 0.15) is 22.3 Å². The fourth-order valence-corrected chi connectivity index (χ4v) is 4.84. The molecule has 0 atom stereocenters. The van der Waals surface area contributed by atoms with Gasteiger partial charge < -0.3 is 19.7 Å².